The second kappa shape index (κ2) is 5.78. The van der Waals surface area contributed by atoms with Gasteiger partial charge < -0.3 is 0 Å². The summed E-state index contributed by atoms with van der Waals surface area (Å²) in [7, 11) is 0. The molecule has 0 amide bonds. The molecule has 0 aromatic carbocycles. The third kappa shape index (κ3) is 2.91. The highest BCUT2D eigenvalue weighted by Crippen LogP contribution is 2.22. The maximum absolute atomic E-state index is 5.95. The van der Waals surface area contributed by atoms with Crippen molar-refractivity contribution in [3.63, 3.8) is 0 Å². The molecule has 0 aliphatic rings. The van der Waals surface area contributed by atoms with E-state index in [-0.39, 0.29) is 0 Å². The molecule has 0 saturated heterocycles. The highest BCUT2D eigenvalue weighted by molar-refractivity contribution is 6.29. The highest BCUT2D eigenvalue weighted by atomic mass is 35.5. The number of fused-ring (bicyclic) bond motifs is 1. The lowest BCUT2D eigenvalue weighted by atomic mass is 10.1. The number of hydrogen-bond donors (Lipinski definition) is 0. The van der Waals surface area contributed by atoms with Gasteiger partial charge in [0.1, 0.15) is 5.15 Å². The molecule has 6 heteroatoms. The van der Waals surface area contributed by atoms with Crippen LogP contribution in [0.4, 0.5) is 0 Å². The van der Waals surface area contributed by atoms with Gasteiger partial charge in [0.15, 0.2) is 0 Å². The molecule has 0 spiro atoms. The number of aromatic nitrogens is 5. The lowest BCUT2D eigenvalue weighted by Crippen LogP contribution is -2.01. The summed E-state index contributed by atoms with van der Waals surface area (Å²) in [5.41, 5.74) is 4.50. The molecule has 4 aromatic heterocycles. The molecule has 0 atom stereocenters. The molecular weight excluding hydrogens is 310 g/mol. The van der Waals surface area contributed by atoms with Gasteiger partial charge in [0.05, 0.1) is 29.5 Å². The Labute approximate surface area is 137 Å². The lowest BCUT2D eigenvalue weighted by Gasteiger charge is -2.01. The minimum Gasteiger partial charge on any atom is -0.266 e. The lowest BCUT2D eigenvalue weighted by molar-refractivity contribution is 0.673. The van der Waals surface area contributed by atoms with Gasteiger partial charge in [-0.15, -0.1) is 0 Å². The number of hydrogen-bond acceptors (Lipinski definition) is 4. The molecule has 0 aliphatic carbocycles. The number of rotatable bonds is 3. The van der Waals surface area contributed by atoms with Gasteiger partial charge >= 0.3 is 0 Å². The van der Waals surface area contributed by atoms with Gasteiger partial charge in [-0.25, -0.2) is 4.98 Å². The highest BCUT2D eigenvalue weighted by Gasteiger charge is 2.06. The van der Waals surface area contributed by atoms with Crippen LogP contribution in [0.15, 0.2) is 61.2 Å². The van der Waals surface area contributed by atoms with E-state index in [0.717, 1.165) is 27.9 Å². The first kappa shape index (κ1) is 13.8. The maximum Gasteiger partial charge on any atom is 0.129 e. The third-order valence-electron chi connectivity index (χ3n) is 3.52. The molecule has 0 bridgehead atoms. The predicted octanol–water partition coefficient (Wildman–Crippen LogP) is 3.59. The second-order valence-electron chi connectivity index (χ2n) is 5.14. The molecule has 23 heavy (non-hydrogen) atoms. The molecule has 0 aliphatic heterocycles. The fourth-order valence-corrected chi connectivity index (χ4v) is 2.55. The van der Waals surface area contributed by atoms with Gasteiger partial charge in [-0.05, 0) is 30.3 Å². The van der Waals surface area contributed by atoms with Crippen LogP contribution in [0.3, 0.4) is 0 Å². The van der Waals surface area contributed by atoms with Crippen LogP contribution in [0.1, 0.15) is 5.69 Å². The summed E-state index contributed by atoms with van der Waals surface area (Å²) in [6.07, 6.45) is 7.39. The molecule has 0 unspecified atom stereocenters. The van der Waals surface area contributed by atoms with Gasteiger partial charge in [0.2, 0.25) is 0 Å². The van der Waals surface area contributed by atoms with E-state index in [1.807, 2.05) is 53.6 Å². The Morgan fingerprint density at radius 3 is 2.78 bits per heavy atom. The van der Waals surface area contributed by atoms with Crippen LogP contribution in [-0.4, -0.2) is 24.7 Å². The van der Waals surface area contributed by atoms with Gasteiger partial charge in [0, 0.05) is 29.7 Å². The fourth-order valence-electron chi connectivity index (χ4n) is 2.40. The summed E-state index contributed by atoms with van der Waals surface area (Å²) in [5.74, 6) is 0. The van der Waals surface area contributed by atoms with Crippen molar-refractivity contribution < 1.29 is 0 Å². The maximum atomic E-state index is 5.95. The quantitative estimate of drug-likeness (QED) is 0.541. The second-order valence-corrected chi connectivity index (χ2v) is 5.53. The zero-order valence-corrected chi connectivity index (χ0v) is 12.9. The summed E-state index contributed by atoms with van der Waals surface area (Å²) >= 11 is 5.95. The molecule has 4 heterocycles. The van der Waals surface area contributed by atoms with Crippen molar-refractivity contribution in [1.29, 1.82) is 0 Å². The molecule has 0 fully saturated rings. The van der Waals surface area contributed by atoms with Crippen molar-refractivity contribution in [2.24, 2.45) is 0 Å². The summed E-state index contributed by atoms with van der Waals surface area (Å²) in [6.45, 7) is 0.631. The van der Waals surface area contributed by atoms with Crippen LogP contribution in [0.25, 0.3) is 22.2 Å². The molecule has 4 aromatic rings. The van der Waals surface area contributed by atoms with Crippen molar-refractivity contribution in [2.75, 3.05) is 0 Å². The zero-order chi connectivity index (χ0) is 15.6. The first-order chi connectivity index (χ1) is 11.3. The van der Waals surface area contributed by atoms with Crippen LogP contribution in [-0.2, 0) is 6.54 Å². The van der Waals surface area contributed by atoms with E-state index in [1.54, 1.807) is 12.3 Å². The molecule has 5 nitrogen and oxygen atoms in total. The van der Waals surface area contributed by atoms with E-state index in [2.05, 4.69) is 20.1 Å². The first-order valence-corrected chi connectivity index (χ1v) is 7.51. The minimum atomic E-state index is 0.460. The standard InChI is InChI=1S/C17H12ClN5/c18-17-5-4-15-16(22-17)7-12(8-20-15)13-9-21-23(10-13)11-14-3-1-2-6-19-14/h1-10H,11H2. The largest absolute Gasteiger partial charge is 0.266 e. The van der Waals surface area contributed by atoms with Crippen molar-refractivity contribution in [3.05, 3.63) is 72.0 Å². The Morgan fingerprint density at radius 1 is 0.957 bits per heavy atom. The summed E-state index contributed by atoms with van der Waals surface area (Å²) in [4.78, 5) is 13.0. The van der Waals surface area contributed by atoms with Gasteiger partial charge in [-0.1, -0.05) is 17.7 Å². The Morgan fingerprint density at radius 2 is 1.91 bits per heavy atom. The fraction of sp³-hybridized carbons (Fsp3) is 0.0588. The van der Waals surface area contributed by atoms with Crippen molar-refractivity contribution >= 4 is 22.6 Å². The van der Waals surface area contributed by atoms with Gasteiger partial charge in [-0.2, -0.15) is 5.10 Å². The van der Waals surface area contributed by atoms with Crippen LogP contribution in [0.5, 0.6) is 0 Å². The number of nitrogens with zero attached hydrogens (tertiary/aromatic N) is 5. The topological polar surface area (TPSA) is 56.5 Å². The summed E-state index contributed by atoms with van der Waals surface area (Å²) in [6, 6.07) is 11.4. The van der Waals surface area contributed by atoms with Crippen molar-refractivity contribution in [3.8, 4) is 11.1 Å². The smallest absolute Gasteiger partial charge is 0.129 e. The van der Waals surface area contributed by atoms with Gasteiger partial charge in [-0.3, -0.25) is 14.6 Å². The van der Waals surface area contributed by atoms with E-state index in [9.17, 15) is 0 Å². The molecule has 0 N–H and O–H groups in total. The first-order valence-electron chi connectivity index (χ1n) is 7.13. The Hall–Kier alpha value is -2.79. The molecule has 0 radical (unpaired) electrons. The molecule has 4 rings (SSSR count). The summed E-state index contributed by atoms with van der Waals surface area (Å²) < 4.78 is 1.85. The van der Waals surface area contributed by atoms with E-state index >= 15 is 0 Å². The SMILES string of the molecule is Clc1ccc2ncc(-c3cnn(Cc4ccccn4)c3)cc2n1. The monoisotopic (exact) mass is 321 g/mol. The van der Waals surface area contributed by atoms with E-state index < -0.39 is 0 Å². The molecule has 112 valence electrons. The van der Waals surface area contributed by atoms with Crippen molar-refractivity contribution in [1.82, 2.24) is 24.7 Å². The van der Waals surface area contributed by atoms with Crippen LogP contribution < -0.4 is 0 Å². The van der Waals surface area contributed by atoms with Crippen LogP contribution >= 0.6 is 11.6 Å². The Kier molecular flexibility index (Phi) is 3.48. The van der Waals surface area contributed by atoms with Crippen LogP contribution in [0, 0.1) is 0 Å². The van der Waals surface area contributed by atoms with Crippen molar-refractivity contribution in [2.45, 2.75) is 6.54 Å². The minimum absolute atomic E-state index is 0.460. The molecule has 0 saturated carbocycles. The number of halogens is 1. The van der Waals surface area contributed by atoms with Crippen LogP contribution in [0.2, 0.25) is 5.15 Å². The average molecular weight is 322 g/mol. The Balaban J connectivity index is 1.66. The zero-order valence-electron chi connectivity index (χ0n) is 12.1. The number of pyridine rings is 3. The molecular formula is C17H12ClN5. The van der Waals surface area contributed by atoms with E-state index in [4.69, 9.17) is 11.6 Å². The summed E-state index contributed by atoms with van der Waals surface area (Å²) in [5, 5.41) is 4.85. The van der Waals surface area contributed by atoms with E-state index in [0.29, 0.717) is 11.7 Å². The average Bonchev–Trinajstić information content (AvgIpc) is 3.03. The third-order valence-corrected chi connectivity index (χ3v) is 3.73. The predicted molar refractivity (Wildman–Crippen MR) is 89.1 cm³/mol. The van der Waals surface area contributed by atoms with Gasteiger partial charge in [0.25, 0.3) is 0 Å². The van der Waals surface area contributed by atoms with E-state index in [1.165, 1.54) is 0 Å². The normalized spacial score (nSPS) is 11.0. The Bertz CT molecular complexity index is 965.